The molecule has 0 aliphatic rings. The number of hydrogen-bond donors (Lipinski definition) is 1. The molecule has 0 aliphatic carbocycles. The number of ketones is 1. The predicted octanol–water partition coefficient (Wildman–Crippen LogP) is 5.34. The van der Waals surface area contributed by atoms with Crippen molar-refractivity contribution in [3.8, 4) is 0 Å². The standard InChI is InChI=1S/C29H24BF3N2O2/c1-21(34-20-25-18-11-19-37-25)26(27(36)22-12-5-2-6-13-22)28(29(31,32)33)35-30(23-14-7-3-8-15-23)24-16-9-4-10-17-24/h2-19,34H,20H2,1H3/b26-21-,35-28+. The third kappa shape index (κ3) is 6.47. The Morgan fingerprint density at radius 3 is 1.86 bits per heavy atom. The fourth-order valence-electron chi connectivity index (χ4n) is 3.93. The fourth-order valence-corrected chi connectivity index (χ4v) is 3.93. The van der Waals surface area contributed by atoms with E-state index in [9.17, 15) is 18.0 Å². The van der Waals surface area contributed by atoms with Gasteiger partial charge in [0.2, 0.25) is 0 Å². The maximum absolute atomic E-state index is 14.7. The molecule has 0 atom stereocenters. The molecule has 4 rings (SSSR count). The average molecular weight is 500 g/mol. The van der Waals surface area contributed by atoms with Crippen molar-refractivity contribution in [2.24, 2.45) is 4.90 Å². The van der Waals surface area contributed by atoms with E-state index in [1.165, 1.54) is 25.3 Å². The van der Waals surface area contributed by atoms with E-state index >= 15 is 0 Å². The van der Waals surface area contributed by atoms with Crippen LogP contribution >= 0.6 is 0 Å². The first-order valence-electron chi connectivity index (χ1n) is 11.7. The Morgan fingerprint density at radius 2 is 1.38 bits per heavy atom. The second-order valence-corrected chi connectivity index (χ2v) is 8.33. The number of carbonyl (C=O) groups is 1. The van der Waals surface area contributed by atoms with Crippen LogP contribution in [0.15, 0.2) is 130 Å². The zero-order valence-corrected chi connectivity index (χ0v) is 20.1. The number of nitrogens with zero attached hydrogens (tertiary/aromatic N) is 1. The number of benzene rings is 3. The molecule has 0 radical (unpaired) electrons. The molecule has 3 aromatic carbocycles. The highest BCUT2D eigenvalue weighted by Crippen LogP contribution is 2.27. The number of alkyl halides is 3. The summed E-state index contributed by atoms with van der Waals surface area (Å²) in [7, 11) is 0. The molecular formula is C29H24BF3N2O2. The lowest BCUT2D eigenvalue weighted by Crippen LogP contribution is -2.44. The number of halogens is 3. The van der Waals surface area contributed by atoms with Crippen LogP contribution < -0.4 is 16.2 Å². The van der Waals surface area contributed by atoms with E-state index in [-0.39, 0.29) is 17.8 Å². The van der Waals surface area contributed by atoms with Crippen molar-refractivity contribution in [2.45, 2.75) is 19.6 Å². The van der Waals surface area contributed by atoms with Gasteiger partial charge in [0.05, 0.1) is 18.4 Å². The zero-order chi connectivity index (χ0) is 26.3. The number of carbonyl (C=O) groups excluding carboxylic acids is 1. The molecule has 0 amide bonds. The van der Waals surface area contributed by atoms with E-state index in [1.807, 2.05) is 0 Å². The summed E-state index contributed by atoms with van der Waals surface area (Å²) in [5, 5.41) is 2.93. The van der Waals surface area contributed by atoms with Crippen LogP contribution in [0.2, 0.25) is 0 Å². The van der Waals surface area contributed by atoms with Crippen LogP contribution in [0.1, 0.15) is 23.0 Å². The van der Waals surface area contributed by atoms with E-state index in [4.69, 9.17) is 4.42 Å². The molecule has 0 fully saturated rings. The van der Waals surface area contributed by atoms with Crippen molar-refractivity contribution in [1.29, 1.82) is 0 Å². The van der Waals surface area contributed by atoms with E-state index in [0.717, 1.165) is 0 Å². The van der Waals surface area contributed by atoms with Crippen molar-refractivity contribution in [2.75, 3.05) is 0 Å². The van der Waals surface area contributed by atoms with E-state index in [2.05, 4.69) is 10.2 Å². The third-order valence-electron chi connectivity index (χ3n) is 5.74. The monoisotopic (exact) mass is 500 g/mol. The lowest BCUT2D eigenvalue weighted by Gasteiger charge is -2.20. The molecule has 8 heteroatoms. The average Bonchev–Trinajstić information content (AvgIpc) is 3.44. The maximum Gasteiger partial charge on any atom is 0.432 e. The van der Waals surface area contributed by atoms with Crippen LogP contribution in [0, 0.1) is 0 Å². The largest absolute Gasteiger partial charge is 0.467 e. The fraction of sp³-hybridized carbons (Fsp3) is 0.103. The van der Waals surface area contributed by atoms with Gasteiger partial charge in [-0.2, -0.15) is 13.2 Å². The lowest BCUT2D eigenvalue weighted by molar-refractivity contribution is -0.0581. The minimum Gasteiger partial charge on any atom is -0.467 e. The summed E-state index contributed by atoms with van der Waals surface area (Å²) in [6.45, 7) is 0.576. The van der Waals surface area contributed by atoms with Crippen LogP contribution in [-0.2, 0) is 6.54 Å². The van der Waals surface area contributed by atoms with Gasteiger partial charge in [0, 0.05) is 11.3 Å². The molecule has 4 aromatic rings. The zero-order valence-electron chi connectivity index (χ0n) is 20.1. The molecule has 186 valence electrons. The van der Waals surface area contributed by atoms with Gasteiger partial charge >= 0.3 is 13.0 Å². The van der Waals surface area contributed by atoms with Crippen LogP contribution in [0.4, 0.5) is 13.2 Å². The summed E-state index contributed by atoms with van der Waals surface area (Å²) >= 11 is 0. The summed E-state index contributed by atoms with van der Waals surface area (Å²) in [5.41, 5.74) is -0.470. The van der Waals surface area contributed by atoms with Crippen molar-refractivity contribution in [3.63, 3.8) is 0 Å². The van der Waals surface area contributed by atoms with Gasteiger partial charge < -0.3 is 14.6 Å². The van der Waals surface area contributed by atoms with Gasteiger partial charge in [-0.05, 0) is 30.0 Å². The highest BCUT2D eigenvalue weighted by molar-refractivity contribution is 6.84. The highest BCUT2D eigenvalue weighted by Gasteiger charge is 2.42. The Morgan fingerprint density at radius 1 is 0.838 bits per heavy atom. The third-order valence-corrected chi connectivity index (χ3v) is 5.74. The van der Waals surface area contributed by atoms with Crippen LogP contribution in [-0.4, -0.2) is 24.5 Å². The first-order chi connectivity index (χ1) is 17.8. The van der Waals surface area contributed by atoms with Crippen molar-refractivity contribution in [1.82, 2.24) is 5.32 Å². The molecule has 1 N–H and O–H groups in total. The molecule has 0 spiro atoms. The SMILES string of the molecule is C/C(NCc1ccco1)=C(C(=O)c1ccccc1)/C(=N\B(c1ccccc1)c1ccccc1)C(F)(F)F. The normalized spacial score (nSPS) is 12.6. The minimum absolute atomic E-state index is 0.0428. The molecule has 0 aliphatic heterocycles. The Balaban J connectivity index is 1.90. The topological polar surface area (TPSA) is 54.6 Å². The molecule has 37 heavy (non-hydrogen) atoms. The predicted molar refractivity (Wildman–Crippen MR) is 140 cm³/mol. The van der Waals surface area contributed by atoms with Gasteiger partial charge in [0.15, 0.2) is 5.78 Å². The summed E-state index contributed by atoms with van der Waals surface area (Å²) in [6.07, 6.45) is -3.44. The number of hydrogen-bond acceptors (Lipinski definition) is 4. The Hall–Kier alpha value is -4.33. The number of rotatable bonds is 9. The van der Waals surface area contributed by atoms with E-state index in [0.29, 0.717) is 16.7 Å². The van der Waals surface area contributed by atoms with Gasteiger partial charge in [-0.15, -0.1) is 0 Å². The van der Waals surface area contributed by atoms with E-state index < -0.39 is 30.1 Å². The molecule has 0 unspecified atom stereocenters. The molecule has 0 bridgehead atoms. The van der Waals surface area contributed by atoms with Gasteiger partial charge in [0.25, 0.3) is 0 Å². The van der Waals surface area contributed by atoms with Gasteiger partial charge in [-0.3, -0.25) is 4.79 Å². The Kier molecular flexibility index (Phi) is 8.08. The van der Waals surface area contributed by atoms with Crippen LogP contribution in [0.5, 0.6) is 0 Å². The van der Waals surface area contributed by atoms with E-state index in [1.54, 1.807) is 91.0 Å². The number of allylic oxidation sites excluding steroid dienone is 2. The molecule has 4 nitrogen and oxygen atoms in total. The van der Waals surface area contributed by atoms with Crippen molar-refractivity contribution in [3.05, 3.63) is 132 Å². The molecule has 0 saturated heterocycles. The second-order valence-electron chi connectivity index (χ2n) is 8.33. The Bertz CT molecular complexity index is 1330. The van der Waals surface area contributed by atoms with Gasteiger partial charge in [-0.25, -0.2) is 0 Å². The second kappa shape index (κ2) is 11.6. The maximum atomic E-state index is 14.7. The first kappa shape index (κ1) is 25.8. The van der Waals surface area contributed by atoms with Crippen molar-refractivity contribution >= 4 is 29.3 Å². The van der Waals surface area contributed by atoms with Gasteiger partial charge in [0.1, 0.15) is 11.5 Å². The number of Topliss-reactive ketones (excluding diaryl/α,β-unsaturated/α-hetero) is 1. The summed E-state index contributed by atoms with van der Waals surface area (Å²) < 4.78 is 49.5. The van der Waals surface area contributed by atoms with Crippen LogP contribution in [0.25, 0.3) is 0 Å². The number of furan rings is 1. The summed E-state index contributed by atoms with van der Waals surface area (Å²) in [5.74, 6) is -0.260. The summed E-state index contributed by atoms with van der Waals surface area (Å²) in [4.78, 5) is 17.8. The molecule has 1 aromatic heterocycles. The lowest BCUT2D eigenvalue weighted by atomic mass is 9.51. The summed E-state index contributed by atoms with van der Waals surface area (Å²) in [6, 6.07) is 28.7. The molecular weight excluding hydrogens is 476 g/mol. The highest BCUT2D eigenvalue weighted by atomic mass is 19.4. The molecule has 1 heterocycles. The van der Waals surface area contributed by atoms with Gasteiger partial charge in [-0.1, -0.05) is 91.0 Å². The van der Waals surface area contributed by atoms with Crippen molar-refractivity contribution < 1.29 is 22.4 Å². The minimum atomic E-state index is -4.91. The Labute approximate surface area is 213 Å². The van der Waals surface area contributed by atoms with Crippen LogP contribution in [0.3, 0.4) is 0 Å². The quantitative estimate of drug-likeness (QED) is 0.146. The molecule has 0 saturated carbocycles. The number of nitrogens with one attached hydrogen (secondary N) is 1. The first-order valence-corrected chi connectivity index (χ1v) is 11.7. The smallest absolute Gasteiger partial charge is 0.432 e.